The first-order chi connectivity index (χ1) is 13.1. The topological polar surface area (TPSA) is 50.7 Å². The Morgan fingerprint density at radius 1 is 1.19 bits per heavy atom. The summed E-state index contributed by atoms with van der Waals surface area (Å²) in [7, 11) is 1.57. The molecule has 0 aromatic heterocycles. The first-order valence-electron chi connectivity index (χ1n) is 8.80. The number of halogens is 3. The fourth-order valence-corrected chi connectivity index (χ4v) is 3.25. The molecule has 148 valence electrons. The van der Waals surface area contributed by atoms with Crippen molar-refractivity contribution >= 4 is 27.5 Å². The smallest absolute Gasteiger partial charge is 0.162 e. The third-order valence-electron chi connectivity index (χ3n) is 4.09. The van der Waals surface area contributed by atoms with Gasteiger partial charge >= 0.3 is 0 Å². The van der Waals surface area contributed by atoms with E-state index in [0.717, 1.165) is 35.8 Å². The molecule has 0 atom stereocenters. The highest BCUT2D eigenvalue weighted by Gasteiger charge is 2.13. The normalized spacial score (nSPS) is 10.9. The van der Waals surface area contributed by atoms with Gasteiger partial charge in [0.2, 0.25) is 0 Å². The lowest BCUT2D eigenvalue weighted by Crippen LogP contribution is -2.15. The van der Waals surface area contributed by atoms with Gasteiger partial charge in [0.05, 0.1) is 12.1 Å². The van der Waals surface area contributed by atoms with Crippen molar-refractivity contribution in [3.8, 4) is 11.5 Å². The third kappa shape index (κ3) is 6.64. The number of nitrogens with one attached hydrogen (secondary N) is 1. The quantitative estimate of drug-likeness (QED) is 0.459. The van der Waals surface area contributed by atoms with E-state index in [1.54, 1.807) is 19.2 Å². The van der Waals surface area contributed by atoms with E-state index in [9.17, 15) is 4.39 Å². The number of unbranched alkanes of at least 4 members (excludes halogenated alkanes) is 2. The van der Waals surface area contributed by atoms with Gasteiger partial charge in [-0.25, -0.2) is 4.39 Å². The molecule has 0 bridgehead atoms. The highest BCUT2D eigenvalue weighted by atomic mass is 79.9. The standard InChI is InChI=1S/C20H24BrClFNO3/c1-26-19-10-14(12-24-8-3-2-4-9-25)16(21)11-20(19)27-13-15-17(22)6-5-7-18(15)23/h5-7,10-11,24-25H,2-4,8-9,12-13H2,1H3. The molecule has 0 heterocycles. The molecule has 2 aromatic carbocycles. The van der Waals surface area contributed by atoms with Gasteiger partial charge in [0, 0.05) is 23.2 Å². The van der Waals surface area contributed by atoms with Crippen molar-refractivity contribution in [2.75, 3.05) is 20.3 Å². The summed E-state index contributed by atoms with van der Waals surface area (Å²) >= 11 is 9.60. The average Bonchev–Trinajstić information content (AvgIpc) is 2.65. The van der Waals surface area contributed by atoms with E-state index < -0.39 is 5.82 Å². The monoisotopic (exact) mass is 459 g/mol. The Balaban J connectivity index is 2.00. The second-order valence-electron chi connectivity index (χ2n) is 6.04. The number of ether oxygens (including phenoxy) is 2. The van der Waals surface area contributed by atoms with Crippen LogP contribution in [0.2, 0.25) is 5.02 Å². The van der Waals surface area contributed by atoms with Gasteiger partial charge in [0.1, 0.15) is 12.4 Å². The lowest BCUT2D eigenvalue weighted by Gasteiger charge is -2.15. The Hall–Kier alpha value is -1.34. The molecule has 2 N–H and O–H groups in total. The zero-order chi connectivity index (χ0) is 19.6. The van der Waals surface area contributed by atoms with Crippen molar-refractivity contribution in [2.45, 2.75) is 32.4 Å². The van der Waals surface area contributed by atoms with Crippen LogP contribution in [0.3, 0.4) is 0 Å². The van der Waals surface area contributed by atoms with Crippen LogP contribution in [0.1, 0.15) is 30.4 Å². The number of aliphatic hydroxyl groups excluding tert-OH is 1. The number of hydrogen-bond donors (Lipinski definition) is 2. The van der Waals surface area contributed by atoms with Crippen molar-refractivity contribution in [1.82, 2.24) is 5.32 Å². The van der Waals surface area contributed by atoms with Gasteiger partial charge in [-0.15, -0.1) is 0 Å². The summed E-state index contributed by atoms with van der Waals surface area (Å²) in [5.74, 6) is 0.681. The molecule has 0 saturated carbocycles. The Morgan fingerprint density at radius 2 is 2.00 bits per heavy atom. The summed E-state index contributed by atoms with van der Waals surface area (Å²) in [6, 6.07) is 8.25. The van der Waals surface area contributed by atoms with Gasteiger partial charge < -0.3 is 19.9 Å². The molecule has 27 heavy (non-hydrogen) atoms. The summed E-state index contributed by atoms with van der Waals surface area (Å²) < 4.78 is 26.0. The summed E-state index contributed by atoms with van der Waals surface area (Å²) in [5.41, 5.74) is 1.34. The number of hydrogen-bond acceptors (Lipinski definition) is 4. The zero-order valence-corrected chi connectivity index (χ0v) is 17.6. The molecule has 2 rings (SSSR count). The molecule has 2 aromatic rings. The van der Waals surface area contributed by atoms with Crippen LogP contribution in [-0.2, 0) is 13.2 Å². The van der Waals surface area contributed by atoms with Crippen LogP contribution < -0.4 is 14.8 Å². The third-order valence-corrected chi connectivity index (χ3v) is 5.19. The number of rotatable bonds is 11. The van der Waals surface area contributed by atoms with Gasteiger partial charge in [-0.1, -0.05) is 33.6 Å². The van der Waals surface area contributed by atoms with Crippen molar-refractivity contribution in [3.63, 3.8) is 0 Å². The van der Waals surface area contributed by atoms with Crippen LogP contribution in [0.4, 0.5) is 4.39 Å². The maximum Gasteiger partial charge on any atom is 0.162 e. The van der Waals surface area contributed by atoms with E-state index in [2.05, 4.69) is 21.2 Å². The second kappa shape index (κ2) is 11.5. The van der Waals surface area contributed by atoms with Crippen molar-refractivity contribution in [3.05, 3.63) is 56.8 Å². The van der Waals surface area contributed by atoms with Crippen LogP contribution in [0.15, 0.2) is 34.8 Å². The first-order valence-corrected chi connectivity index (χ1v) is 9.97. The Labute approximate surface area is 172 Å². The molecule has 0 unspecified atom stereocenters. The minimum Gasteiger partial charge on any atom is -0.493 e. The van der Waals surface area contributed by atoms with Crippen LogP contribution >= 0.6 is 27.5 Å². The van der Waals surface area contributed by atoms with E-state index in [4.69, 9.17) is 26.2 Å². The number of aliphatic hydroxyl groups is 1. The van der Waals surface area contributed by atoms with E-state index in [1.165, 1.54) is 6.07 Å². The molecule has 0 radical (unpaired) electrons. The predicted octanol–water partition coefficient (Wildman–Crippen LogP) is 5.08. The van der Waals surface area contributed by atoms with E-state index in [-0.39, 0.29) is 13.2 Å². The summed E-state index contributed by atoms with van der Waals surface area (Å²) in [4.78, 5) is 0. The molecule has 0 amide bonds. The van der Waals surface area contributed by atoms with E-state index >= 15 is 0 Å². The maximum absolute atomic E-state index is 13.9. The molecule has 0 aliphatic heterocycles. The van der Waals surface area contributed by atoms with Crippen LogP contribution in [0, 0.1) is 5.82 Å². The molecular formula is C20H24BrClFNO3. The zero-order valence-electron chi connectivity index (χ0n) is 15.2. The van der Waals surface area contributed by atoms with Gasteiger partial charge in [-0.05, 0) is 55.6 Å². The lowest BCUT2D eigenvalue weighted by atomic mass is 10.2. The molecule has 7 heteroatoms. The van der Waals surface area contributed by atoms with Crippen molar-refractivity contribution in [2.24, 2.45) is 0 Å². The minimum atomic E-state index is -0.400. The van der Waals surface area contributed by atoms with Gasteiger partial charge in [0.25, 0.3) is 0 Å². The minimum absolute atomic E-state index is 0.0107. The first kappa shape index (κ1) is 22.0. The average molecular weight is 461 g/mol. The van der Waals surface area contributed by atoms with Crippen LogP contribution in [0.5, 0.6) is 11.5 Å². The van der Waals surface area contributed by atoms with Gasteiger partial charge in [0.15, 0.2) is 11.5 Å². The molecule has 0 fully saturated rings. The Morgan fingerprint density at radius 3 is 2.70 bits per heavy atom. The van der Waals surface area contributed by atoms with Crippen molar-refractivity contribution in [1.29, 1.82) is 0 Å². The molecule has 0 aliphatic rings. The Kier molecular flexibility index (Phi) is 9.34. The molecular weight excluding hydrogens is 437 g/mol. The predicted molar refractivity (Wildman–Crippen MR) is 109 cm³/mol. The largest absolute Gasteiger partial charge is 0.493 e. The SMILES string of the molecule is COc1cc(CNCCCCCO)c(Br)cc1OCc1c(F)cccc1Cl. The molecule has 0 spiro atoms. The van der Waals surface area contributed by atoms with Crippen molar-refractivity contribution < 1.29 is 19.0 Å². The maximum atomic E-state index is 13.9. The fraction of sp³-hybridized carbons (Fsp3) is 0.400. The van der Waals surface area contributed by atoms with Crippen LogP contribution in [-0.4, -0.2) is 25.4 Å². The molecule has 0 aliphatic carbocycles. The lowest BCUT2D eigenvalue weighted by molar-refractivity contribution is 0.279. The number of benzene rings is 2. The molecule has 4 nitrogen and oxygen atoms in total. The summed E-state index contributed by atoms with van der Waals surface area (Å²) in [5, 5.41) is 12.5. The molecule has 0 saturated heterocycles. The van der Waals surface area contributed by atoms with Crippen LogP contribution in [0.25, 0.3) is 0 Å². The summed E-state index contributed by atoms with van der Waals surface area (Å²) in [6.45, 7) is 1.80. The Bertz CT molecular complexity index is 725. The van der Waals surface area contributed by atoms with Gasteiger partial charge in [-0.3, -0.25) is 0 Å². The highest BCUT2D eigenvalue weighted by Crippen LogP contribution is 2.34. The van der Waals surface area contributed by atoms with Gasteiger partial charge in [-0.2, -0.15) is 0 Å². The second-order valence-corrected chi connectivity index (χ2v) is 7.31. The fourth-order valence-electron chi connectivity index (χ4n) is 2.57. The van der Waals surface area contributed by atoms with E-state index in [0.29, 0.717) is 28.6 Å². The number of methoxy groups -OCH3 is 1. The van der Waals surface area contributed by atoms with E-state index in [1.807, 2.05) is 12.1 Å². The highest BCUT2D eigenvalue weighted by molar-refractivity contribution is 9.10. The summed E-state index contributed by atoms with van der Waals surface area (Å²) in [6.07, 6.45) is 2.84.